The van der Waals surface area contributed by atoms with E-state index < -0.39 is 0 Å². The van der Waals surface area contributed by atoms with Gasteiger partial charge in [0, 0.05) is 36.9 Å². The van der Waals surface area contributed by atoms with Gasteiger partial charge < -0.3 is 20.1 Å². The van der Waals surface area contributed by atoms with E-state index in [1.54, 1.807) is 12.1 Å². The maximum atomic E-state index is 14.6. The zero-order valence-electron chi connectivity index (χ0n) is 17.8. The van der Waals surface area contributed by atoms with Crippen LogP contribution in [0.5, 0.6) is 0 Å². The van der Waals surface area contributed by atoms with E-state index in [9.17, 15) is 4.39 Å². The lowest BCUT2D eigenvalue weighted by atomic mass is 10.0. The van der Waals surface area contributed by atoms with Crippen molar-refractivity contribution in [3.63, 3.8) is 0 Å². The van der Waals surface area contributed by atoms with E-state index in [0.717, 1.165) is 64.4 Å². The Morgan fingerprint density at radius 3 is 2.90 bits per heavy atom. The number of hydrogen-bond donors (Lipinski definition) is 2. The van der Waals surface area contributed by atoms with Crippen LogP contribution >= 0.6 is 11.6 Å². The van der Waals surface area contributed by atoms with Gasteiger partial charge >= 0.3 is 0 Å². The highest BCUT2D eigenvalue weighted by atomic mass is 35.5. The smallest absolute Gasteiger partial charge is 0.191 e. The van der Waals surface area contributed by atoms with E-state index in [-0.39, 0.29) is 18.0 Å². The maximum Gasteiger partial charge on any atom is 0.191 e. The minimum Gasteiger partial charge on any atom is -0.379 e. The van der Waals surface area contributed by atoms with Gasteiger partial charge in [0.05, 0.1) is 25.3 Å². The van der Waals surface area contributed by atoms with Crippen molar-refractivity contribution in [1.29, 1.82) is 0 Å². The van der Waals surface area contributed by atoms with Gasteiger partial charge in [-0.2, -0.15) is 0 Å². The number of halogens is 2. The van der Waals surface area contributed by atoms with Crippen LogP contribution in [0.25, 0.3) is 0 Å². The van der Waals surface area contributed by atoms with Crippen LogP contribution in [-0.2, 0) is 9.47 Å². The Bertz CT molecular complexity index is 659. The molecule has 1 aromatic rings. The van der Waals surface area contributed by atoms with Crippen molar-refractivity contribution in [2.24, 2.45) is 4.99 Å². The second-order valence-corrected chi connectivity index (χ2v) is 8.16. The largest absolute Gasteiger partial charge is 0.379 e. The molecule has 3 rings (SSSR count). The molecule has 30 heavy (non-hydrogen) atoms. The molecule has 0 spiro atoms. The summed E-state index contributed by atoms with van der Waals surface area (Å²) < 4.78 is 25.8. The molecule has 1 aromatic carbocycles. The third-order valence-electron chi connectivity index (χ3n) is 5.54. The van der Waals surface area contributed by atoms with Gasteiger partial charge in [-0.25, -0.2) is 4.39 Å². The van der Waals surface area contributed by atoms with Crippen LogP contribution in [0.1, 0.15) is 44.2 Å². The molecule has 2 aliphatic heterocycles. The number of benzene rings is 1. The summed E-state index contributed by atoms with van der Waals surface area (Å²) in [6, 6.07) is 4.72. The Hall–Kier alpha value is -1.41. The third kappa shape index (κ3) is 6.80. The van der Waals surface area contributed by atoms with Crippen LogP contribution in [0.15, 0.2) is 23.2 Å². The summed E-state index contributed by atoms with van der Waals surface area (Å²) in [4.78, 5) is 7.05. The van der Waals surface area contributed by atoms with E-state index in [1.165, 1.54) is 6.07 Å². The summed E-state index contributed by atoms with van der Waals surface area (Å²) >= 11 is 6.38. The molecule has 8 heteroatoms. The maximum absolute atomic E-state index is 14.6. The molecule has 2 N–H and O–H groups in total. The number of hydrogen-bond acceptors (Lipinski definition) is 4. The minimum atomic E-state index is -0.263. The van der Waals surface area contributed by atoms with Gasteiger partial charge in [-0.15, -0.1) is 0 Å². The average Bonchev–Trinajstić information content (AvgIpc) is 3.44. The van der Waals surface area contributed by atoms with Crippen molar-refractivity contribution in [2.75, 3.05) is 52.5 Å². The van der Waals surface area contributed by atoms with Crippen molar-refractivity contribution in [2.45, 2.75) is 44.8 Å². The first-order chi connectivity index (χ1) is 14.7. The van der Waals surface area contributed by atoms with Gasteiger partial charge in [0.15, 0.2) is 5.96 Å². The van der Waals surface area contributed by atoms with Gasteiger partial charge in [0.25, 0.3) is 0 Å². The Balaban J connectivity index is 1.57. The number of nitrogens with zero attached hydrogens (tertiary/aromatic N) is 2. The molecule has 2 atom stereocenters. The summed E-state index contributed by atoms with van der Waals surface area (Å²) in [5, 5.41) is 7.10. The fraction of sp³-hybridized carbons (Fsp3) is 0.682. The predicted octanol–water partition coefficient (Wildman–Crippen LogP) is 3.37. The monoisotopic (exact) mass is 440 g/mol. The molecule has 0 aromatic heterocycles. The van der Waals surface area contributed by atoms with Crippen LogP contribution in [-0.4, -0.2) is 69.5 Å². The molecule has 0 bridgehead atoms. The van der Waals surface area contributed by atoms with Crippen LogP contribution in [0.3, 0.4) is 0 Å². The van der Waals surface area contributed by atoms with E-state index in [4.69, 9.17) is 26.1 Å². The van der Waals surface area contributed by atoms with Crippen molar-refractivity contribution >= 4 is 17.6 Å². The Morgan fingerprint density at radius 2 is 2.20 bits per heavy atom. The number of nitrogens with one attached hydrogen (secondary N) is 2. The number of likely N-dealkylation sites (tertiary alicyclic amines) is 1. The summed E-state index contributed by atoms with van der Waals surface area (Å²) in [6.45, 7) is 8.08. The standard InChI is InChI=1S/C22H34ClFN4O2/c1-2-25-22(26-10-6-13-30-17-9-14-29-16-17)27-15-20(28-11-3-4-12-28)21-18(23)7-5-8-19(21)24/h5,7-8,17,20H,2-4,6,9-16H2,1H3,(H2,25,26,27). The van der Waals surface area contributed by atoms with Crippen LogP contribution in [0.4, 0.5) is 4.39 Å². The molecule has 2 saturated heterocycles. The summed E-state index contributed by atoms with van der Waals surface area (Å²) in [5.41, 5.74) is 0.549. The van der Waals surface area contributed by atoms with Crippen molar-refractivity contribution < 1.29 is 13.9 Å². The normalized spacial score (nSPS) is 21.2. The Labute approximate surface area is 184 Å². The second-order valence-electron chi connectivity index (χ2n) is 7.75. The zero-order chi connectivity index (χ0) is 21.2. The highest BCUT2D eigenvalue weighted by Crippen LogP contribution is 2.32. The number of rotatable bonds is 10. The minimum absolute atomic E-state index is 0.164. The molecule has 2 aliphatic rings. The SMILES string of the molecule is CCNC(=NCC(c1c(F)cccc1Cl)N1CCCC1)NCCCOC1CCOC1. The molecule has 2 fully saturated rings. The average molecular weight is 441 g/mol. The molecule has 0 saturated carbocycles. The Morgan fingerprint density at radius 1 is 1.37 bits per heavy atom. The summed E-state index contributed by atoms with van der Waals surface area (Å²) in [7, 11) is 0. The van der Waals surface area contributed by atoms with E-state index >= 15 is 0 Å². The van der Waals surface area contributed by atoms with Gasteiger partial charge in [-0.1, -0.05) is 17.7 Å². The summed E-state index contributed by atoms with van der Waals surface area (Å²) in [6.07, 6.45) is 4.34. The zero-order valence-corrected chi connectivity index (χ0v) is 18.6. The molecule has 0 amide bonds. The van der Waals surface area contributed by atoms with E-state index in [2.05, 4.69) is 15.5 Å². The van der Waals surface area contributed by atoms with Crippen molar-refractivity contribution in [1.82, 2.24) is 15.5 Å². The van der Waals surface area contributed by atoms with Gasteiger partial charge in [-0.3, -0.25) is 9.89 Å². The third-order valence-corrected chi connectivity index (χ3v) is 5.87. The summed E-state index contributed by atoms with van der Waals surface area (Å²) in [5.74, 6) is 0.471. The number of guanidine groups is 1. The highest BCUT2D eigenvalue weighted by molar-refractivity contribution is 6.31. The lowest BCUT2D eigenvalue weighted by Gasteiger charge is -2.28. The first kappa shape index (κ1) is 23.3. The fourth-order valence-electron chi connectivity index (χ4n) is 3.96. The molecule has 2 unspecified atom stereocenters. The van der Waals surface area contributed by atoms with Crippen molar-refractivity contribution in [3.05, 3.63) is 34.6 Å². The number of aliphatic imine (C=N–C) groups is 1. The highest BCUT2D eigenvalue weighted by Gasteiger charge is 2.27. The first-order valence-corrected chi connectivity index (χ1v) is 11.5. The first-order valence-electron chi connectivity index (χ1n) is 11.1. The predicted molar refractivity (Wildman–Crippen MR) is 119 cm³/mol. The topological polar surface area (TPSA) is 58.1 Å². The quantitative estimate of drug-likeness (QED) is 0.332. The lowest BCUT2D eigenvalue weighted by Crippen LogP contribution is -2.39. The van der Waals surface area contributed by atoms with Crippen LogP contribution in [0, 0.1) is 5.82 Å². The second kappa shape index (κ2) is 12.4. The fourth-order valence-corrected chi connectivity index (χ4v) is 4.25. The Kier molecular flexibility index (Phi) is 9.65. The lowest BCUT2D eigenvalue weighted by molar-refractivity contribution is 0.0420. The molecular formula is C22H34ClFN4O2. The van der Waals surface area contributed by atoms with Crippen LogP contribution in [0.2, 0.25) is 5.02 Å². The van der Waals surface area contributed by atoms with Crippen LogP contribution < -0.4 is 10.6 Å². The van der Waals surface area contributed by atoms with Gasteiger partial charge in [-0.05, 0) is 57.8 Å². The molecule has 2 heterocycles. The molecule has 168 valence electrons. The van der Waals surface area contributed by atoms with E-state index in [1.807, 2.05) is 6.92 Å². The molecule has 6 nitrogen and oxygen atoms in total. The molecule has 0 radical (unpaired) electrons. The molecule has 0 aliphatic carbocycles. The van der Waals surface area contributed by atoms with Gasteiger partial charge in [0.2, 0.25) is 0 Å². The van der Waals surface area contributed by atoms with Gasteiger partial charge in [0.1, 0.15) is 5.82 Å². The van der Waals surface area contributed by atoms with E-state index in [0.29, 0.717) is 30.3 Å². The van der Waals surface area contributed by atoms with Crippen molar-refractivity contribution in [3.8, 4) is 0 Å². The number of ether oxygens (including phenoxy) is 2. The molecular weight excluding hydrogens is 407 g/mol.